The number of hydrogen-bond donors (Lipinski definition) is 1. The van der Waals surface area contributed by atoms with Crippen molar-refractivity contribution in [2.75, 3.05) is 0 Å². The predicted molar refractivity (Wildman–Crippen MR) is 70.4 cm³/mol. The average Bonchev–Trinajstić information content (AvgIpc) is 2.71. The topological polar surface area (TPSA) is 77.2 Å². The SMILES string of the molecule is CC(C)Cc1nc(CNC(=O)[C@@H](C)OC(C)C)no1. The number of aromatic nitrogens is 2. The third-order valence-electron chi connectivity index (χ3n) is 2.36. The van der Waals surface area contributed by atoms with Crippen LogP contribution in [0.2, 0.25) is 0 Å². The number of rotatable bonds is 7. The minimum Gasteiger partial charge on any atom is -0.366 e. The Morgan fingerprint density at radius 2 is 2.00 bits per heavy atom. The maximum Gasteiger partial charge on any atom is 0.249 e. The van der Waals surface area contributed by atoms with Crippen LogP contribution in [0.3, 0.4) is 0 Å². The summed E-state index contributed by atoms with van der Waals surface area (Å²) in [5, 5.41) is 6.54. The molecule has 1 atom stereocenters. The van der Waals surface area contributed by atoms with Crippen LogP contribution in [0.25, 0.3) is 0 Å². The summed E-state index contributed by atoms with van der Waals surface area (Å²) >= 11 is 0. The Kier molecular flexibility index (Phi) is 5.95. The molecule has 1 amide bonds. The van der Waals surface area contributed by atoms with E-state index in [4.69, 9.17) is 9.26 Å². The Balaban J connectivity index is 2.39. The van der Waals surface area contributed by atoms with Crippen molar-refractivity contribution in [3.05, 3.63) is 11.7 Å². The van der Waals surface area contributed by atoms with Crippen LogP contribution in [0.15, 0.2) is 4.52 Å². The third-order valence-corrected chi connectivity index (χ3v) is 2.36. The quantitative estimate of drug-likeness (QED) is 0.815. The molecular formula is C13H23N3O3. The van der Waals surface area contributed by atoms with E-state index in [-0.39, 0.29) is 18.6 Å². The van der Waals surface area contributed by atoms with Crippen LogP contribution in [0.4, 0.5) is 0 Å². The molecule has 19 heavy (non-hydrogen) atoms. The number of carbonyl (C=O) groups is 1. The van der Waals surface area contributed by atoms with Crippen LogP contribution < -0.4 is 5.32 Å². The summed E-state index contributed by atoms with van der Waals surface area (Å²) in [4.78, 5) is 15.9. The zero-order valence-corrected chi connectivity index (χ0v) is 12.3. The van der Waals surface area contributed by atoms with E-state index in [1.54, 1.807) is 6.92 Å². The van der Waals surface area contributed by atoms with E-state index in [9.17, 15) is 4.79 Å². The van der Waals surface area contributed by atoms with Gasteiger partial charge in [-0.2, -0.15) is 4.98 Å². The second kappa shape index (κ2) is 7.23. The molecule has 0 aliphatic heterocycles. The highest BCUT2D eigenvalue weighted by atomic mass is 16.5. The van der Waals surface area contributed by atoms with Crippen molar-refractivity contribution in [1.29, 1.82) is 0 Å². The fourth-order valence-corrected chi connectivity index (χ4v) is 1.57. The zero-order chi connectivity index (χ0) is 14.4. The molecule has 1 aromatic rings. The van der Waals surface area contributed by atoms with E-state index >= 15 is 0 Å². The average molecular weight is 269 g/mol. The smallest absolute Gasteiger partial charge is 0.249 e. The molecular weight excluding hydrogens is 246 g/mol. The van der Waals surface area contributed by atoms with Crippen molar-refractivity contribution < 1.29 is 14.1 Å². The minimum absolute atomic E-state index is 0.0172. The molecule has 0 saturated heterocycles. The van der Waals surface area contributed by atoms with Gasteiger partial charge < -0.3 is 14.6 Å². The van der Waals surface area contributed by atoms with Crippen molar-refractivity contribution in [1.82, 2.24) is 15.5 Å². The number of ether oxygens (including phenoxy) is 1. The van der Waals surface area contributed by atoms with Gasteiger partial charge in [-0.3, -0.25) is 4.79 Å². The molecule has 0 saturated carbocycles. The van der Waals surface area contributed by atoms with Gasteiger partial charge in [-0.25, -0.2) is 0 Å². The number of amides is 1. The molecule has 0 spiro atoms. The minimum atomic E-state index is -0.484. The van der Waals surface area contributed by atoms with Gasteiger partial charge in [-0.1, -0.05) is 19.0 Å². The molecule has 0 aliphatic carbocycles. The first-order valence-corrected chi connectivity index (χ1v) is 6.63. The third kappa shape index (κ3) is 5.83. The maximum absolute atomic E-state index is 11.7. The Morgan fingerprint density at radius 1 is 1.32 bits per heavy atom. The van der Waals surface area contributed by atoms with Gasteiger partial charge in [-0.05, 0) is 26.7 Å². The fraction of sp³-hybridized carbons (Fsp3) is 0.769. The lowest BCUT2D eigenvalue weighted by Crippen LogP contribution is -2.35. The molecule has 1 aromatic heterocycles. The summed E-state index contributed by atoms with van der Waals surface area (Å²) < 4.78 is 10.5. The zero-order valence-electron chi connectivity index (χ0n) is 12.3. The highest BCUT2D eigenvalue weighted by Gasteiger charge is 2.15. The van der Waals surface area contributed by atoms with Crippen LogP contribution >= 0.6 is 0 Å². The highest BCUT2D eigenvalue weighted by molar-refractivity contribution is 5.80. The summed E-state index contributed by atoms with van der Waals surface area (Å²) in [6.45, 7) is 9.91. The van der Waals surface area contributed by atoms with Crippen molar-refractivity contribution in [3.63, 3.8) is 0 Å². The van der Waals surface area contributed by atoms with Crippen molar-refractivity contribution in [2.45, 2.75) is 59.8 Å². The first-order chi connectivity index (χ1) is 8.88. The summed E-state index contributed by atoms with van der Waals surface area (Å²) in [7, 11) is 0. The normalized spacial score (nSPS) is 13.0. The Bertz CT molecular complexity index is 402. The van der Waals surface area contributed by atoms with E-state index in [1.165, 1.54) is 0 Å². The Hall–Kier alpha value is -1.43. The van der Waals surface area contributed by atoms with Crippen LogP contribution in [-0.4, -0.2) is 28.3 Å². The molecule has 0 aliphatic rings. The van der Waals surface area contributed by atoms with Gasteiger partial charge in [0.1, 0.15) is 6.10 Å². The first kappa shape index (κ1) is 15.6. The molecule has 6 heteroatoms. The number of nitrogens with one attached hydrogen (secondary N) is 1. The molecule has 1 N–H and O–H groups in total. The van der Waals surface area contributed by atoms with Gasteiger partial charge in [0, 0.05) is 6.42 Å². The van der Waals surface area contributed by atoms with Crippen LogP contribution in [-0.2, 0) is 22.5 Å². The van der Waals surface area contributed by atoms with E-state index in [0.717, 1.165) is 6.42 Å². The monoisotopic (exact) mass is 269 g/mol. The predicted octanol–water partition coefficient (Wildman–Crippen LogP) is 1.70. The maximum atomic E-state index is 11.7. The number of carbonyl (C=O) groups excluding carboxylic acids is 1. The summed E-state index contributed by atoms with van der Waals surface area (Å²) in [5.74, 6) is 1.37. The largest absolute Gasteiger partial charge is 0.366 e. The summed E-state index contributed by atoms with van der Waals surface area (Å²) in [6.07, 6.45) is 0.277. The molecule has 1 rings (SSSR count). The lowest BCUT2D eigenvalue weighted by atomic mass is 10.1. The van der Waals surface area contributed by atoms with Gasteiger partial charge in [0.15, 0.2) is 5.82 Å². The Morgan fingerprint density at radius 3 is 2.58 bits per heavy atom. The van der Waals surface area contributed by atoms with Crippen molar-refractivity contribution in [3.8, 4) is 0 Å². The van der Waals surface area contributed by atoms with E-state index in [1.807, 2.05) is 13.8 Å². The number of hydrogen-bond acceptors (Lipinski definition) is 5. The lowest BCUT2D eigenvalue weighted by molar-refractivity contribution is -0.134. The summed E-state index contributed by atoms with van der Waals surface area (Å²) in [6, 6.07) is 0. The van der Waals surface area contributed by atoms with E-state index in [2.05, 4.69) is 29.3 Å². The van der Waals surface area contributed by atoms with Crippen LogP contribution in [0.1, 0.15) is 46.3 Å². The van der Waals surface area contributed by atoms with Gasteiger partial charge in [0.2, 0.25) is 11.8 Å². The van der Waals surface area contributed by atoms with Crippen molar-refractivity contribution in [2.24, 2.45) is 5.92 Å². The summed E-state index contributed by atoms with van der Waals surface area (Å²) in [5.41, 5.74) is 0. The molecule has 0 radical (unpaired) electrons. The number of nitrogens with zero attached hydrogens (tertiary/aromatic N) is 2. The standard InChI is InChI=1S/C13H23N3O3/c1-8(2)6-12-15-11(16-19-12)7-14-13(17)10(5)18-9(3)4/h8-10H,6-7H2,1-5H3,(H,14,17)/t10-/m1/s1. The van der Waals surface area contributed by atoms with Gasteiger partial charge >= 0.3 is 0 Å². The fourth-order valence-electron chi connectivity index (χ4n) is 1.57. The van der Waals surface area contributed by atoms with Crippen LogP contribution in [0, 0.1) is 5.92 Å². The molecule has 0 aromatic carbocycles. The second-order valence-corrected chi connectivity index (χ2v) is 5.25. The first-order valence-electron chi connectivity index (χ1n) is 6.63. The van der Waals surface area contributed by atoms with E-state index in [0.29, 0.717) is 17.6 Å². The van der Waals surface area contributed by atoms with Crippen molar-refractivity contribution >= 4 is 5.91 Å². The molecule has 1 heterocycles. The molecule has 0 unspecified atom stereocenters. The molecule has 6 nitrogen and oxygen atoms in total. The molecule has 0 bridgehead atoms. The Labute approximate surface area is 113 Å². The van der Waals surface area contributed by atoms with E-state index < -0.39 is 6.10 Å². The second-order valence-electron chi connectivity index (χ2n) is 5.25. The molecule has 108 valence electrons. The highest BCUT2D eigenvalue weighted by Crippen LogP contribution is 2.05. The molecule has 0 fully saturated rings. The van der Waals surface area contributed by atoms with Gasteiger partial charge in [-0.15, -0.1) is 0 Å². The van der Waals surface area contributed by atoms with Crippen LogP contribution in [0.5, 0.6) is 0 Å². The van der Waals surface area contributed by atoms with Gasteiger partial charge in [0.25, 0.3) is 0 Å². The lowest BCUT2D eigenvalue weighted by Gasteiger charge is -2.14. The van der Waals surface area contributed by atoms with Gasteiger partial charge in [0.05, 0.1) is 12.6 Å².